The number of hydrogen-bond donors (Lipinski definition) is 1. The van der Waals surface area contributed by atoms with Gasteiger partial charge >= 0.3 is 0 Å². The molecule has 1 saturated heterocycles. The van der Waals surface area contributed by atoms with Crippen molar-refractivity contribution in [1.29, 1.82) is 0 Å². The lowest BCUT2D eigenvalue weighted by Crippen LogP contribution is -2.43. The maximum Gasteiger partial charge on any atom is 0.226 e. The van der Waals surface area contributed by atoms with Crippen LogP contribution in [0.15, 0.2) is 42.5 Å². The fraction of sp³-hybridized carbons (Fsp3) is 0.435. The Hall–Kier alpha value is -1.22. The van der Waals surface area contributed by atoms with Gasteiger partial charge < -0.3 is 5.32 Å². The van der Waals surface area contributed by atoms with Crippen molar-refractivity contribution in [3.8, 4) is 0 Å². The molecule has 4 rings (SSSR count). The fourth-order valence-corrected chi connectivity index (χ4v) is 6.37. The molecular formula is C23H24Cl3NO. The lowest BCUT2D eigenvalue weighted by atomic mass is 9.54. The normalized spacial score (nSPS) is 32.1. The minimum atomic E-state index is -0.320. The highest BCUT2D eigenvalue weighted by Gasteiger charge is 2.59. The Kier molecular flexibility index (Phi) is 5.41. The van der Waals surface area contributed by atoms with Crippen LogP contribution in [0.5, 0.6) is 0 Å². The molecular weight excluding hydrogens is 413 g/mol. The van der Waals surface area contributed by atoms with Crippen molar-refractivity contribution in [3.05, 3.63) is 68.7 Å². The maximum absolute atomic E-state index is 13.0. The Labute approximate surface area is 181 Å². The topological polar surface area (TPSA) is 29.1 Å². The minimum Gasteiger partial charge on any atom is -0.353 e. The number of fused-ring (bicyclic) bond motifs is 1. The minimum absolute atomic E-state index is 0.113. The van der Waals surface area contributed by atoms with Crippen molar-refractivity contribution in [2.75, 3.05) is 0 Å². The van der Waals surface area contributed by atoms with Gasteiger partial charge in [-0.15, -0.1) is 0 Å². The van der Waals surface area contributed by atoms with Gasteiger partial charge in [-0.2, -0.15) is 0 Å². The fourth-order valence-electron chi connectivity index (χ4n) is 5.70. The first-order valence-corrected chi connectivity index (χ1v) is 11.0. The Morgan fingerprint density at radius 3 is 2.39 bits per heavy atom. The lowest BCUT2D eigenvalue weighted by molar-refractivity contribution is -0.131. The Balaban J connectivity index is 1.87. The Morgan fingerprint density at radius 2 is 1.75 bits per heavy atom. The van der Waals surface area contributed by atoms with Crippen molar-refractivity contribution in [1.82, 2.24) is 5.32 Å². The van der Waals surface area contributed by atoms with Crippen molar-refractivity contribution >= 4 is 40.7 Å². The summed E-state index contributed by atoms with van der Waals surface area (Å²) in [5, 5.41) is 5.30. The number of rotatable bonds is 3. The summed E-state index contributed by atoms with van der Waals surface area (Å²) >= 11 is 18.9. The molecule has 1 heterocycles. The number of halogens is 3. The molecule has 5 atom stereocenters. The molecule has 0 aromatic heterocycles. The van der Waals surface area contributed by atoms with Crippen LogP contribution in [0.4, 0.5) is 0 Å². The Morgan fingerprint density at radius 1 is 1.07 bits per heavy atom. The molecule has 1 aliphatic heterocycles. The van der Waals surface area contributed by atoms with E-state index in [1.807, 2.05) is 30.3 Å². The van der Waals surface area contributed by atoms with E-state index >= 15 is 0 Å². The SMILES string of the molecule is CC[C@@]12CC[C@@H](c3ccc(Cl)cc3Cl)[C@H](c3ccc(Cl)cc3)[C@@H]1[C@@H](C)NC2=O. The molecule has 2 aromatic rings. The van der Waals surface area contributed by atoms with Crippen LogP contribution in [0.1, 0.15) is 56.1 Å². The number of amides is 1. The Bertz CT molecular complexity index is 897. The van der Waals surface area contributed by atoms with Crippen molar-refractivity contribution < 1.29 is 4.79 Å². The van der Waals surface area contributed by atoms with Gasteiger partial charge in [-0.3, -0.25) is 4.79 Å². The van der Waals surface area contributed by atoms with Gasteiger partial charge in [-0.05, 0) is 73.4 Å². The summed E-state index contributed by atoms with van der Waals surface area (Å²) in [5.74, 6) is 0.813. The highest BCUT2D eigenvalue weighted by Crippen LogP contribution is 2.60. The van der Waals surface area contributed by atoms with Crippen molar-refractivity contribution in [3.63, 3.8) is 0 Å². The standard InChI is InChI=1S/C23H24Cl3NO/c1-3-23-11-10-18(17-9-8-16(25)12-19(17)26)20(14-4-6-15(24)7-5-14)21(23)13(2)27-22(23)28/h4-9,12-13,18,20-21H,3,10-11H2,1-2H3,(H,27,28)/t13-,18+,20+,21+,23-/m1/s1. The summed E-state index contributed by atoms with van der Waals surface area (Å²) in [5.41, 5.74) is 2.01. The number of nitrogens with one attached hydrogen (secondary N) is 1. The first-order valence-electron chi connectivity index (χ1n) is 9.88. The van der Waals surface area contributed by atoms with Crippen LogP contribution >= 0.6 is 34.8 Å². The largest absolute Gasteiger partial charge is 0.353 e. The first kappa shape index (κ1) is 20.1. The predicted molar refractivity (Wildman–Crippen MR) is 116 cm³/mol. The molecule has 1 aliphatic carbocycles. The van der Waals surface area contributed by atoms with Crippen LogP contribution in [0.3, 0.4) is 0 Å². The predicted octanol–water partition coefficient (Wildman–Crippen LogP) is 6.84. The number of benzene rings is 2. The van der Waals surface area contributed by atoms with Crippen LogP contribution < -0.4 is 5.32 Å². The van der Waals surface area contributed by atoms with Gasteiger partial charge in [0.05, 0.1) is 5.41 Å². The van der Waals surface area contributed by atoms with Crippen LogP contribution in [-0.2, 0) is 4.79 Å². The van der Waals surface area contributed by atoms with E-state index in [1.54, 1.807) is 0 Å². The van der Waals surface area contributed by atoms with Gasteiger partial charge in [0.2, 0.25) is 5.91 Å². The van der Waals surface area contributed by atoms with E-state index in [4.69, 9.17) is 34.8 Å². The number of hydrogen-bond acceptors (Lipinski definition) is 1. The van der Waals surface area contributed by atoms with Gasteiger partial charge in [0.15, 0.2) is 0 Å². The quantitative estimate of drug-likeness (QED) is 0.560. The van der Waals surface area contributed by atoms with E-state index in [0.29, 0.717) is 10.0 Å². The number of carbonyl (C=O) groups is 1. The smallest absolute Gasteiger partial charge is 0.226 e. The average molecular weight is 437 g/mol. The second-order valence-electron chi connectivity index (χ2n) is 8.19. The summed E-state index contributed by atoms with van der Waals surface area (Å²) in [6, 6.07) is 14.0. The monoisotopic (exact) mass is 435 g/mol. The molecule has 1 saturated carbocycles. The maximum atomic E-state index is 13.0. The van der Waals surface area contributed by atoms with Crippen molar-refractivity contribution in [2.24, 2.45) is 11.3 Å². The molecule has 28 heavy (non-hydrogen) atoms. The summed E-state index contributed by atoms with van der Waals surface area (Å²) in [4.78, 5) is 13.0. The molecule has 0 radical (unpaired) electrons. The van der Waals surface area contributed by atoms with Gasteiger partial charge in [0.1, 0.15) is 0 Å². The van der Waals surface area contributed by atoms with E-state index in [0.717, 1.165) is 29.8 Å². The summed E-state index contributed by atoms with van der Waals surface area (Å²) in [6.07, 6.45) is 2.64. The first-order chi connectivity index (χ1) is 13.4. The average Bonchev–Trinajstić information content (AvgIpc) is 2.93. The zero-order valence-corrected chi connectivity index (χ0v) is 18.3. The summed E-state index contributed by atoms with van der Waals surface area (Å²) < 4.78 is 0. The van der Waals surface area contributed by atoms with Crippen molar-refractivity contribution in [2.45, 2.75) is 51.0 Å². The van der Waals surface area contributed by atoms with Gasteiger partial charge in [0, 0.05) is 27.0 Å². The van der Waals surface area contributed by atoms with Gasteiger partial charge in [-0.1, -0.05) is 59.9 Å². The van der Waals surface area contributed by atoms with E-state index in [-0.39, 0.29) is 35.1 Å². The molecule has 2 nitrogen and oxygen atoms in total. The molecule has 0 bridgehead atoms. The summed E-state index contributed by atoms with van der Waals surface area (Å²) in [6.45, 7) is 4.27. The molecule has 148 valence electrons. The third kappa shape index (κ3) is 3.14. The second-order valence-corrected chi connectivity index (χ2v) is 9.47. The molecule has 2 fully saturated rings. The summed E-state index contributed by atoms with van der Waals surface area (Å²) in [7, 11) is 0. The van der Waals surface area contributed by atoms with Gasteiger partial charge in [0.25, 0.3) is 0 Å². The van der Waals surface area contributed by atoms with Gasteiger partial charge in [-0.25, -0.2) is 0 Å². The molecule has 1 N–H and O–H groups in total. The van der Waals surface area contributed by atoms with E-state index in [2.05, 4.69) is 31.3 Å². The zero-order valence-electron chi connectivity index (χ0n) is 16.0. The van der Waals surface area contributed by atoms with Crippen LogP contribution in [0.2, 0.25) is 15.1 Å². The molecule has 5 heteroatoms. The molecule has 1 amide bonds. The van der Waals surface area contributed by atoms with Crippen LogP contribution in [0.25, 0.3) is 0 Å². The van der Waals surface area contributed by atoms with E-state index < -0.39 is 0 Å². The zero-order chi connectivity index (χ0) is 20.1. The molecule has 0 spiro atoms. The molecule has 0 unspecified atom stereocenters. The van der Waals surface area contributed by atoms with E-state index in [9.17, 15) is 4.79 Å². The molecule has 2 aromatic carbocycles. The highest BCUT2D eigenvalue weighted by molar-refractivity contribution is 6.35. The van der Waals surface area contributed by atoms with Crippen LogP contribution in [-0.4, -0.2) is 11.9 Å². The second kappa shape index (κ2) is 7.55. The van der Waals surface area contributed by atoms with E-state index in [1.165, 1.54) is 5.56 Å². The highest BCUT2D eigenvalue weighted by atomic mass is 35.5. The molecule has 2 aliphatic rings. The lowest BCUT2D eigenvalue weighted by Gasteiger charge is -2.47. The number of carbonyl (C=O) groups excluding carboxylic acids is 1. The third-order valence-corrected chi connectivity index (χ3v) is 7.77. The third-order valence-electron chi connectivity index (χ3n) is 6.96. The van der Waals surface area contributed by atoms with Crippen LogP contribution in [0, 0.1) is 11.3 Å².